The van der Waals surface area contributed by atoms with E-state index in [-0.39, 0.29) is 0 Å². The van der Waals surface area contributed by atoms with Gasteiger partial charge in [0.15, 0.2) is 0 Å². The lowest BCUT2D eigenvalue weighted by atomic mass is 10.0. The molecule has 0 bridgehead atoms. The minimum Gasteiger partial charge on any atom is -0.492 e. The highest BCUT2D eigenvalue weighted by molar-refractivity contribution is 6.03. The molecule has 4 nitrogen and oxygen atoms in total. The maximum atomic E-state index is 11.8. The Hall–Kier alpha value is -2.07. The van der Waals surface area contributed by atoms with Gasteiger partial charge in [-0.15, -0.1) is 0 Å². The Labute approximate surface area is 124 Å². The van der Waals surface area contributed by atoms with Gasteiger partial charge in [0.05, 0.1) is 12.2 Å². The fourth-order valence-electron chi connectivity index (χ4n) is 2.34. The number of ether oxygens (including phenoxy) is 1. The minimum atomic E-state index is -0.552. The van der Waals surface area contributed by atoms with Gasteiger partial charge in [-0.2, -0.15) is 0 Å². The van der Waals surface area contributed by atoms with Crippen molar-refractivity contribution in [2.75, 3.05) is 6.61 Å². The fraction of sp³-hybridized carbons (Fsp3) is 0.353. The molecule has 2 rings (SSSR count). The highest BCUT2D eigenvalue weighted by atomic mass is 16.5. The number of unbranched alkanes of at least 4 members (excludes halogenated alkanes) is 3. The SMILES string of the molecule is CCCCCCOc1c(C(=O)NO)ccc2ccccc12. The van der Waals surface area contributed by atoms with Gasteiger partial charge in [-0.1, -0.05) is 56.5 Å². The van der Waals surface area contributed by atoms with Crippen LogP contribution in [0.25, 0.3) is 10.8 Å². The van der Waals surface area contributed by atoms with E-state index in [1.54, 1.807) is 11.5 Å². The molecule has 0 unspecified atom stereocenters. The molecule has 0 radical (unpaired) electrons. The van der Waals surface area contributed by atoms with Crippen LogP contribution in [0.15, 0.2) is 36.4 Å². The summed E-state index contributed by atoms with van der Waals surface area (Å²) in [6, 6.07) is 11.3. The number of carbonyl (C=O) groups excluding carboxylic acids is 1. The monoisotopic (exact) mass is 287 g/mol. The Morgan fingerprint density at radius 2 is 1.95 bits per heavy atom. The fourth-order valence-corrected chi connectivity index (χ4v) is 2.34. The number of hydrogen-bond donors (Lipinski definition) is 2. The van der Waals surface area contributed by atoms with E-state index in [4.69, 9.17) is 9.94 Å². The molecule has 2 aromatic carbocycles. The normalized spacial score (nSPS) is 10.6. The zero-order valence-corrected chi connectivity index (χ0v) is 12.3. The number of rotatable bonds is 7. The lowest BCUT2D eigenvalue weighted by molar-refractivity contribution is 0.0702. The molecule has 0 saturated heterocycles. The van der Waals surface area contributed by atoms with Crippen LogP contribution in [0.1, 0.15) is 43.0 Å². The molecule has 21 heavy (non-hydrogen) atoms. The van der Waals surface area contributed by atoms with Crippen LogP contribution in [0, 0.1) is 0 Å². The van der Waals surface area contributed by atoms with Crippen LogP contribution < -0.4 is 10.2 Å². The van der Waals surface area contributed by atoms with Crippen molar-refractivity contribution in [1.29, 1.82) is 0 Å². The van der Waals surface area contributed by atoms with Gasteiger partial charge in [-0.25, -0.2) is 5.48 Å². The van der Waals surface area contributed by atoms with Gasteiger partial charge in [0.2, 0.25) is 0 Å². The maximum Gasteiger partial charge on any atom is 0.278 e. The van der Waals surface area contributed by atoms with Crippen LogP contribution in [-0.4, -0.2) is 17.7 Å². The quantitative estimate of drug-likeness (QED) is 0.461. The predicted molar refractivity (Wildman–Crippen MR) is 82.8 cm³/mol. The van der Waals surface area contributed by atoms with Crippen LogP contribution in [0.4, 0.5) is 0 Å². The Balaban J connectivity index is 2.26. The summed E-state index contributed by atoms with van der Waals surface area (Å²) in [5, 5.41) is 10.8. The van der Waals surface area contributed by atoms with Crippen LogP contribution >= 0.6 is 0 Å². The second-order valence-electron chi connectivity index (χ2n) is 5.01. The van der Waals surface area contributed by atoms with Crippen molar-refractivity contribution in [2.45, 2.75) is 32.6 Å². The summed E-state index contributed by atoms with van der Waals surface area (Å²) >= 11 is 0. The molecule has 0 aliphatic heterocycles. The first-order valence-electron chi connectivity index (χ1n) is 7.37. The standard InChI is InChI=1S/C17H21NO3/c1-2-3-4-7-12-21-16-14-9-6-5-8-13(14)10-11-15(16)17(19)18-20/h5-6,8-11,20H,2-4,7,12H2,1H3,(H,18,19). The van der Waals surface area contributed by atoms with Crippen molar-refractivity contribution >= 4 is 16.7 Å². The molecule has 0 atom stereocenters. The summed E-state index contributed by atoms with van der Waals surface area (Å²) in [5.41, 5.74) is 2.03. The molecule has 2 N–H and O–H groups in total. The van der Waals surface area contributed by atoms with Crippen molar-refractivity contribution in [3.63, 3.8) is 0 Å². The largest absolute Gasteiger partial charge is 0.492 e. The van der Waals surface area contributed by atoms with E-state index in [0.29, 0.717) is 17.9 Å². The number of hydroxylamine groups is 1. The number of benzene rings is 2. The average Bonchev–Trinajstić information content (AvgIpc) is 2.53. The predicted octanol–water partition coefficient (Wildman–Crippen LogP) is 3.92. The molecule has 1 amide bonds. The molecular formula is C17H21NO3. The van der Waals surface area contributed by atoms with Gasteiger partial charge in [-0.3, -0.25) is 10.0 Å². The Morgan fingerprint density at radius 1 is 1.14 bits per heavy atom. The lowest BCUT2D eigenvalue weighted by Gasteiger charge is -2.13. The van der Waals surface area contributed by atoms with Gasteiger partial charge < -0.3 is 4.74 Å². The number of fused-ring (bicyclic) bond motifs is 1. The summed E-state index contributed by atoms with van der Waals surface area (Å²) in [6.07, 6.45) is 4.43. The van der Waals surface area contributed by atoms with Crippen molar-refractivity contribution in [3.8, 4) is 5.75 Å². The smallest absolute Gasteiger partial charge is 0.278 e. The van der Waals surface area contributed by atoms with Crippen LogP contribution in [0.2, 0.25) is 0 Å². The van der Waals surface area contributed by atoms with Crippen LogP contribution in [0.5, 0.6) is 5.75 Å². The van der Waals surface area contributed by atoms with Crippen molar-refractivity contribution in [3.05, 3.63) is 42.0 Å². The molecule has 112 valence electrons. The van der Waals surface area contributed by atoms with E-state index < -0.39 is 5.91 Å². The van der Waals surface area contributed by atoms with Crippen LogP contribution in [0.3, 0.4) is 0 Å². The summed E-state index contributed by atoms with van der Waals surface area (Å²) in [7, 11) is 0. The molecule has 2 aromatic rings. The third-order valence-electron chi connectivity index (χ3n) is 3.47. The first kappa shape index (κ1) is 15.3. The van der Waals surface area contributed by atoms with Gasteiger partial charge >= 0.3 is 0 Å². The summed E-state index contributed by atoms with van der Waals surface area (Å²) < 4.78 is 5.85. The van der Waals surface area contributed by atoms with E-state index in [1.807, 2.05) is 30.3 Å². The molecule has 0 aliphatic rings. The third-order valence-corrected chi connectivity index (χ3v) is 3.47. The first-order chi connectivity index (χ1) is 10.3. The molecule has 0 aliphatic carbocycles. The molecule has 0 aromatic heterocycles. The molecule has 4 heteroatoms. The number of hydrogen-bond acceptors (Lipinski definition) is 3. The highest BCUT2D eigenvalue weighted by Crippen LogP contribution is 2.30. The lowest BCUT2D eigenvalue weighted by Crippen LogP contribution is -2.19. The van der Waals surface area contributed by atoms with E-state index >= 15 is 0 Å². The maximum absolute atomic E-state index is 11.8. The van der Waals surface area contributed by atoms with Crippen molar-refractivity contribution in [1.82, 2.24) is 5.48 Å². The number of amides is 1. The average molecular weight is 287 g/mol. The van der Waals surface area contributed by atoms with Gasteiger partial charge in [0, 0.05) is 5.39 Å². The zero-order chi connectivity index (χ0) is 15.1. The topological polar surface area (TPSA) is 58.6 Å². The van der Waals surface area contributed by atoms with Crippen molar-refractivity contribution < 1.29 is 14.7 Å². The van der Waals surface area contributed by atoms with Gasteiger partial charge in [-0.05, 0) is 17.9 Å². The Bertz CT molecular complexity index is 610. The summed E-state index contributed by atoms with van der Waals surface area (Å²) in [4.78, 5) is 11.8. The number of carbonyl (C=O) groups is 1. The van der Waals surface area contributed by atoms with E-state index in [1.165, 1.54) is 12.8 Å². The third kappa shape index (κ3) is 3.73. The van der Waals surface area contributed by atoms with Crippen LogP contribution in [-0.2, 0) is 0 Å². The molecular weight excluding hydrogens is 266 g/mol. The van der Waals surface area contributed by atoms with Gasteiger partial charge in [0.1, 0.15) is 5.75 Å². The van der Waals surface area contributed by atoms with Crippen molar-refractivity contribution in [2.24, 2.45) is 0 Å². The highest BCUT2D eigenvalue weighted by Gasteiger charge is 2.15. The molecule has 0 heterocycles. The number of nitrogens with one attached hydrogen (secondary N) is 1. The Morgan fingerprint density at radius 3 is 2.71 bits per heavy atom. The zero-order valence-electron chi connectivity index (χ0n) is 12.3. The van der Waals surface area contributed by atoms with E-state index in [2.05, 4.69) is 6.92 Å². The van der Waals surface area contributed by atoms with E-state index in [9.17, 15) is 4.79 Å². The molecule has 0 fully saturated rings. The molecule has 0 saturated carbocycles. The summed E-state index contributed by atoms with van der Waals surface area (Å²) in [6.45, 7) is 2.73. The first-order valence-corrected chi connectivity index (χ1v) is 7.37. The second kappa shape index (κ2) is 7.64. The summed E-state index contributed by atoms with van der Waals surface area (Å²) in [5.74, 6) is -0.0135. The second-order valence-corrected chi connectivity index (χ2v) is 5.01. The Kier molecular flexibility index (Phi) is 5.58. The minimum absolute atomic E-state index is 0.353. The van der Waals surface area contributed by atoms with E-state index in [0.717, 1.165) is 23.6 Å². The van der Waals surface area contributed by atoms with Gasteiger partial charge in [0.25, 0.3) is 5.91 Å². The molecule has 0 spiro atoms.